The number of hydrogen-bond donors (Lipinski definition) is 1. The van der Waals surface area contributed by atoms with Crippen molar-refractivity contribution < 1.29 is 9.52 Å². The smallest absolute Gasteiger partial charge is 0.0935 e. The highest BCUT2D eigenvalue weighted by molar-refractivity contribution is 5.07. The lowest BCUT2D eigenvalue weighted by molar-refractivity contribution is 0.0580. The van der Waals surface area contributed by atoms with E-state index in [0.717, 1.165) is 25.2 Å². The molecule has 2 atom stereocenters. The first kappa shape index (κ1) is 12.6. The van der Waals surface area contributed by atoms with Gasteiger partial charge in [-0.05, 0) is 45.2 Å². The summed E-state index contributed by atoms with van der Waals surface area (Å²) in [5.41, 5.74) is 1.07. The molecule has 0 saturated carbocycles. The van der Waals surface area contributed by atoms with Crippen LogP contribution in [0.2, 0.25) is 0 Å². The maximum absolute atomic E-state index is 10.3. The molecule has 0 bridgehead atoms. The van der Waals surface area contributed by atoms with E-state index in [1.807, 2.05) is 6.07 Å². The molecule has 1 fully saturated rings. The zero-order valence-electron chi connectivity index (χ0n) is 10.7. The van der Waals surface area contributed by atoms with Crippen LogP contribution in [0.3, 0.4) is 0 Å². The average molecular weight is 238 g/mol. The van der Waals surface area contributed by atoms with Crippen LogP contribution < -0.4 is 0 Å². The van der Waals surface area contributed by atoms with Gasteiger partial charge in [-0.2, -0.15) is 0 Å². The minimum atomic E-state index is -0.335. The summed E-state index contributed by atoms with van der Waals surface area (Å²) in [6.07, 6.45) is 4.87. The third kappa shape index (κ3) is 3.31. The molecule has 96 valence electrons. The van der Waals surface area contributed by atoms with E-state index >= 15 is 0 Å². The highest BCUT2D eigenvalue weighted by Crippen LogP contribution is 2.14. The summed E-state index contributed by atoms with van der Waals surface area (Å²) in [5.74, 6) is 0. The largest absolute Gasteiger partial charge is 0.472 e. The molecule has 0 aromatic carbocycles. The molecule has 1 aliphatic rings. The molecule has 1 aromatic rings. The Balaban J connectivity index is 1.98. The summed E-state index contributed by atoms with van der Waals surface area (Å²) < 4.78 is 5.04. The van der Waals surface area contributed by atoms with Crippen molar-refractivity contribution in [2.24, 2.45) is 0 Å². The fourth-order valence-electron chi connectivity index (χ4n) is 2.51. The fourth-order valence-corrected chi connectivity index (χ4v) is 2.51. The lowest BCUT2D eigenvalue weighted by atomic mass is 10.0. The van der Waals surface area contributed by atoms with E-state index in [4.69, 9.17) is 4.42 Å². The van der Waals surface area contributed by atoms with E-state index in [2.05, 4.69) is 23.9 Å². The number of aliphatic hydroxyl groups is 1. The normalized spacial score (nSPS) is 25.7. The minimum absolute atomic E-state index is 0.206. The van der Waals surface area contributed by atoms with Crippen molar-refractivity contribution in [3.63, 3.8) is 0 Å². The minimum Gasteiger partial charge on any atom is -0.472 e. The quantitative estimate of drug-likeness (QED) is 0.846. The highest BCUT2D eigenvalue weighted by Gasteiger charge is 2.27. The van der Waals surface area contributed by atoms with Crippen LogP contribution >= 0.6 is 0 Å². The third-order valence-electron chi connectivity index (χ3n) is 3.58. The molecule has 0 amide bonds. The third-order valence-corrected chi connectivity index (χ3v) is 3.58. The molecule has 2 unspecified atom stereocenters. The van der Waals surface area contributed by atoms with Crippen molar-refractivity contribution >= 4 is 0 Å². The molecule has 0 spiro atoms. The first-order valence-corrected chi connectivity index (χ1v) is 6.24. The van der Waals surface area contributed by atoms with Gasteiger partial charge in [0.25, 0.3) is 0 Å². The standard InChI is InChI=1S/C13H22N2O2/c1-14-5-3-6-15(2)12(9-14)13(16)8-11-4-7-17-10-11/h4,7,10,12-13,16H,3,5-6,8-9H2,1-2H3. The maximum atomic E-state index is 10.3. The lowest BCUT2D eigenvalue weighted by Crippen LogP contribution is -2.46. The molecule has 1 saturated heterocycles. The SMILES string of the molecule is CN1CCCN(C)C(C(O)Cc2ccoc2)C1. The Hall–Kier alpha value is -0.840. The van der Waals surface area contributed by atoms with Crippen LogP contribution in [0.25, 0.3) is 0 Å². The molecule has 1 N–H and O–H groups in total. The Bertz CT molecular complexity index is 326. The number of likely N-dealkylation sites (N-methyl/N-ethyl adjacent to an activating group) is 2. The molecule has 2 rings (SSSR count). The molecular weight excluding hydrogens is 216 g/mol. The average Bonchev–Trinajstić information content (AvgIpc) is 2.72. The molecule has 2 heterocycles. The summed E-state index contributed by atoms with van der Waals surface area (Å²) >= 11 is 0. The van der Waals surface area contributed by atoms with Crippen molar-refractivity contribution in [2.75, 3.05) is 33.7 Å². The maximum Gasteiger partial charge on any atom is 0.0935 e. The second kappa shape index (κ2) is 5.67. The zero-order chi connectivity index (χ0) is 12.3. The predicted molar refractivity (Wildman–Crippen MR) is 67.0 cm³/mol. The van der Waals surface area contributed by atoms with Crippen molar-refractivity contribution in [2.45, 2.75) is 25.0 Å². The van der Waals surface area contributed by atoms with Gasteiger partial charge in [-0.1, -0.05) is 0 Å². The lowest BCUT2D eigenvalue weighted by Gasteiger charge is -2.31. The number of nitrogens with zero attached hydrogens (tertiary/aromatic N) is 2. The van der Waals surface area contributed by atoms with Crippen LogP contribution in [-0.2, 0) is 6.42 Å². The highest BCUT2D eigenvalue weighted by atomic mass is 16.3. The van der Waals surface area contributed by atoms with Crippen LogP contribution in [0, 0.1) is 0 Å². The first-order valence-electron chi connectivity index (χ1n) is 6.24. The van der Waals surface area contributed by atoms with Gasteiger partial charge in [0.05, 0.1) is 18.6 Å². The van der Waals surface area contributed by atoms with Crippen LogP contribution in [0.5, 0.6) is 0 Å². The van der Waals surface area contributed by atoms with Crippen molar-refractivity contribution in [1.82, 2.24) is 9.80 Å². The molecule has 0 aliphatic carbocycles. The first-order chi connectivity index (χ1) is 8.16. The number of rotatable bonds is 3. The monoisotopic (exact) mass is 238 g/mol. The van der Waals surface area contributed by atoms with Crippen molar-refractivity contribution in [1.29, 1.82) is 0 Å². The topological polar surface area (TPSA) is 39.9 Å². The van der Waals surface area contributed by atoms with Gasteiger partial charge in [-0.15, -0.1) is 0 Å². The second-order valence-corrected chi connectivity index (χ2v) is 5.07. The molecule has 1 aliphatic heterocycles. The van der Waals surface area contributed by atoms with E-state index in [-0.39, 0.29) is 12.1 Å². The molecule has 4 heteroatoms. The van der Waals surface area contributed by atoms with Gasteiger partial charge >= 0.3 is 0 Å². The summed E-state index contributed by atoms with van der Waals surface area (Å²) in [7, 11) is 4.22. The van der Waals surface area contributed by atoms with Crippen molar-refractivity contribution in [3.05, 3.63) is 24.2 Å². The number of hydrogen-bond acceptors (Lipinski definition) is 4. The molecule has 4 nitrogen and oxygen atoms in total. The van der Waals surface area contributed by atoms with Gasteiger partial charge in [0, 0.05) is 19.0 Å². The van der Waals surface area contributed by atoms with E-state index in [0.29, 0.717) is 6.42 Å². The van der Waals surface area contributed by atoms with Crippen molar-refractivity contribution in [3.8, 4) is 0 Å². The van der Waals surface area contributed by atoms with E-state index in [1.54, 1.807) is 12.5 Å². The summed E-state index contributed by atoms with van der Waals surface area (Å²) in [6, 6.07) is 2.13. The van der Waals surface area contributed by atoms with Crippen LogP contribution in [-0.4, -0.2) is 60.8 Å². The summed E-state index contributed by atoms with van der Waals surface area (Å²) in [6.45, 7) is 3.09. The predicted octanol–water partition coefficient (Wildman–Crippen LogP) is 0.819. The molecular formula is C13H22N2O2. The van der Waals surface area contributed by atoms with Gasteiger partial charge in [0.2, 0.25) is 0 Å². The van der Waals surface area contributed by atoms with E-state index in [9.17, 15) is 5.11 Å². The Morgan fingerprint density at radius 3 is 3.00 bits per heavy atom. The van der Waals surface area contributed by atoms with Gasteiger partial charge in [0.15, 0.2) is 0 Å². The van der Waals surface area contributed by atoms with Gasteiger partial charge in [-0.3, -0.25) is 4.90 Å². The Morgan fingerprint density at radius 1 is 1.47 bits per heavy atom. The van der Waals surface area contributed by atoms with Crippen LogP contribution in [0.1, 0.15) is 12.0 Å². The summed E-state index contributed by atoms with van der Waals surface area (Å²) in [4.78, 5) is 4.57. The molecule has 17 heavy (non-hydrogen) atoms. The van der Waals surface area contributed by atoms with Crippen LogP contribution in [0.15, 0.2) is 23.0 Å². The zero-order valence-corrected chi connectivity index (χ0v) is 10.7. The van der Waals surface area contributed by atoms with E-state index < -0.39 is 0 Å². The van der Waals surface area contributed by atoms with Gasteiger partial charge in [0.1, 0.15) is 0 Å². The number of aliphatic hydroxyl groups excluding tert-OH is 1. The Labute approximate surface area is 103 Å². The summed E-state index contributed by atoms with van der Waals surface area (Å²) in [5, 5.41) is 10.3. The van der Waals surface area contributed by atoms with Crippen LogP contribution in [0.4, 0.5) is 0 Å². The van der Waals surface area contributed by atoms with Gasteiger partial charge in [-0.25, -0.2) is 0 Å². The fraction of sp³-hybridized carbons (Fsp3) is 0.692. The molecule has 1 aromatic heterocycles. The Morgan fingerprint density at radius 2 is 2.29 bits per heavy atom. The molecule has 0 radical (unpaired) electrons. The van der Waals surface area contributed by atoms with Gasteiger partial charge < -0.3 is 14.4 Å². The van der Waals surface area contributed by atoms with E-state index in [1.165, 1.54) is 6.42 Å². The Kier molecular flexibility index (Phi) is 4.20. The second-order valence-electron chi connectivity index (χ2n) is 5.07. The number of furan rings is 1.